The molecule has 0 amide bonds. The molecule has 0 atom stereocenters. The van der Waals surface area contributed by atoms with Crippen molar-refractivity contribution in [1.29, 1.82) is 0 Å². The molecule has 0 aliphatic heterocycles. The highest BCUT2D eigenvalue weighted by Crippen LogP contribution is 2.37. The van der Waals surface area contributed by atoms with E-state index >= 15 is 0 Å². The molecule has 3 aromatic rings. The average Bonchev–Trinajstić information content (AvgIpc) is 3.06. The highest BCUT2D eigenvalue weighted by atomic mass is 32.2. The molecule has 0 spiro atoms. The third-order valence-electron chi connectivity index (χ3n) is 4.52. The molecule has 174 valence electrons. The van der Waals surface area contributed by atoms with Crippen LogP contribution in [0.1, 0.15) is 11.3 Å². The number of aliphatic hydroxyl groups is 1. The smallest absolute Gasteiger partial charge is 0.313 e. The van der Waals surface area contributed by atoms with Crippen molar-refractivity contribution in [1.82, 2.24) is 14.5 Å². The van der Waals surface area contributed by atoms with Gasteiger partial charge in [-0.05, 0) is 49.7 Å². The number of aromatic nitrogens is 2. The van der Waals surface area contributed by atoms with E-state index in [1.54, 1.807) is 13.8 Å². The second-order valence-corrected chi connectivity index (χ2v) is 8.72. The summed E-state index contributed by atoms with van der Waals surface area (Å²) in [6.45, 7) is 2.67. The van der Waals surface area contributed by atoms with Crippen LogP contribution in [0.2, 0.25) is 0 Å². The fourth-order valence-corrected chi connectivity index (χ4v) is 3.96. The summed E-state index contributed by atoms with van der Waals surface area (Å²) in [6.07, 6.45) is 0. The third-order valence-corrected chi connectivity index (χ3v) is 5.99. The lowest BCUT2D eigenvalue weighted by molar-refractivity contribution is -0.385. The van der Waals surface area contributed by atoms with Crippen molar-refractivity contribution in [2.75, 3.05) is 13.2 Å². The molecule has 1 aromatic heterocycles. The van der Waals surface area contributed by atoms with Crippen LogP contribution in [-0.4, -0.2) is 46.5 Å². The summed E-state index contributed by atoms with van der Waals surface area (Å²) in [5.41, 5.74) is -0.285. The molecule has 0 bridgehead atoms. The standard InChI is InChI=1S/C19H20N6O7S/c1-11-9-15(18(27)16(10-11)25(29)30)21-22-17-12(2)23-24(19(17)28)13-3-5-14(6-4-13)33(31,32)20-7-8-26/h3-6,9-10,20,23,26-27H,7-8H2,1-2H3. The fraction of sp³-hybridized carbons (Fsp3) is 0.211. The number of nitrogens with one attached hydrogen (secondary N) is 2. The topological polar surface area (TPSA) is 192 Å². The number of aromatic amines is 1. The van der Waals surface area contributed by atoms with Crippen LogP contribution in [0.5, 0.6) is 5.75 Å². The van der Waals surface area contributed by atoms with Gasteiger partial charge in [0.1, 0.15) is 5.69 Å². The summed E-state index contributed by atoms with van der Waals surface area (Å²) < 4.78 is 27.6. The minimum atomic E-state index is -3.80. The Morgan fingerprint density at radius 2 is 1.85 bits per heavy atom. The predicted octanol–water partition coefficient (Wildman–Crippen LogP) is 2.08. The predicted molar refractivity (Wildman–Crippen MR) is 117 cm³/mol. The molecule has 0 aliphatic carbocycles. The summed E-state index contributed by atoms with van der Waals surface area (Å²) in [6, 6.07) is 7.97. The molecule has 0 aliphatic rings. The van der Waals surface area contributed by atoms with Crippen molar-refractivity contribution in [3.8, 4) is 11.4 Å². The largest absolute Gasteiger partial charge is 0.501 e. The molecule has 0 fully saturated rings. The van der Waals surface area contributed by atoms with Crippen LogP contribution in [0.4, 0.5) is 17.1 Å². The van der Waals surface area contributed by atoms with Gasteiger partial charge in [-0.3, -0.25) is 20.0 Å². The molecule has 14 heteroatoms. The molecular weight excluding hydrogens is 456 g/mol. The highest BCUT2D eigenvalue weighted by molar-refractivity contribution is 7.89. The first-order valence-electron chi connectivity index (χ1n) is 9.47. The maximum Gasteiger partial charge on any atom is 0.313 e. The molecule has 0 saturated carbocycles. The minimum absolute atomic E-state index is 0.0487. The lowest BCUT2D eigenvalue weighted by Crippen LogP contribution is -2.26. The molecule has 4 N–H and O–H groups in total. The Morgan fingerprint density at radius 1 is 1.18 bits per heavy atom. The molecule has 3 rings (SSSR count). The first-order chi connectivity index (χ1) is 15.5. The van der Waals surface area contributed by atoms with Gasteiger partial charge in [0, 0.05) is 12.6 Å². The monoisotopic (exact) mass is 476 g/mol. The second kappa shape index (κ2) is 9.32. The van der Waals surface area contributed by atoms with Crippen LogP contribution in [0, 0.1) is 24.0 Å². The number of benzene rings is 2. The molecular formula is C19H20N6O7S. The van der Waals surface area contributed by atoms with Crippen molar-refractivity contribution in [3.63, 3.8) is 0 Å². The minimum Gasteiger partial charge on any atom is -0.501 e. The van der Waals surface area contributed by atoms with Crippen LogP contribution in [0.3, 0.4) is 0 Å². The van der Waals surface area contributed by atoms with E-state index in [9.17, 15) is 28.4 Å². The number of aromatic hydroxyl groups is 1. The SMILES string of the molecule is Cc1cc(N=Nc2c(C)[nH]n(-c3ccc(S(=O)(=O)NCCO)cc3)c2=O)c(O)c([N+](=O)[O-])c1. The van der Waals surface area contributed by atoms with E-state index in [2.05, 4.69) is 20.0 Å². The number of azo groups is 1. The van der Waals surface area contributed by atoms with Gasteiger partial charge >= 0.3 is 5.69 Å². The molecule has 33 heavy (non-hydrogen) atoms. The van der Waals surface area contributed by atoms with E-state index in [-0.39, 0.29) is 29.4 Å². The average molecular weight is 476 g/mol. The number of nitro benzene ring substituents is 1. The Labute approximate surface area is 187 Å². The van der Waals surface area contributed by atoms with E-state index in [1.165, 1.54) is 36.4 Å². The number of aryl methyl sites for hydroxylation is 2. The molecule has 2 aromatic carbocycles. The normalized spacial score (nSPS) is 11.8. The van der Waals surface area contributed by atoms with E-state index in [0.717, 1.165) is 4.68 Å². The summed E-state index contributed by atoms with van der Waals surface area (Å²) in [5.74, 6) is -0.672. The van der Waals surface area contributed by atoms with Gasteiger partial charge in [0.25, 0.3) is 5.56 Å². The molecule has 0 unspecified atom stereocenters. The van der Waals surface area contributed by atoms with Crippen molar-refractivity contribution in [2.45, 2.75) is 18.7 Å². The van der Waals surface area contributed by atoms with Crippen LogP contribution >= 0.6 is 0 Å². The van der Waals surface area contributed by atoms with Crippen LogP contribution in [0.15, 0.2) is 56.3 Å². The summed E-state index contributed by atoms with van der Waals surface area (Å²) in [7, 11) is -3.80. The van der Waals surface area contributed by atoms with Crippen LogP contribution in [0.25, 0.3) is 5.69 Å². The molecule has 1 heterocycles. The zero-order valence-electron chi connectivity index (χ0n) is 17.5. The molecule has 0 radical (unpaired) electrons. The summed E-state index contributed by atoms with van der Waals surface area (Å²) in [5, 5.41) is 40.4. The number of H-pyrrole nitrogens is 1. The molecule has 0 saturated heterocycles. The number of aliphatic hydroxyl groups excluding tert-OH is 1. The maximum atomic E-state index is 12.8. The van der Waals surface area contributed by atoms with Gasteiger partial charge in [-0.1, -0.05) is 0 Å². The number of nitro groups is 1. The second-order valence-electron chi connectivity index (χ2n) is 6.95. The van der Waals surface area contributed by atoms with E-state index in [0.29, 0.717) is 16.9 Å². The fourth-order valence-electron chi connectivity index (χ4n) is 2.94. The maximum absolute atomic E-state index is 12.8. The Hall–Kier alpha value is -3.88. The number of rotatable bonds is 8. The summed E-state index contributed by atoms with van der Waals surface area (Å²) in [4.78, 5) is 23.1. The zero-order valence-corrected chi connectivity index (χ0v) is 18.3. The van der Waals surface area contributed by atoms with Gasteiger partial charge in [0.05, 0.1) is 27.8 Å². The van der Waals surface area contributed by atoms with Crippen molar-refractivity contribution in [2.24, 2.45) is 10.2 Å². The van der Waals surface area contributed by atoms with Gasteiger partial charge in [-0.25, -0.2) is 17.8 Å². The third kappa shape index (κ3) is 4.97. The lowest BCUT2D eigenvalue weighted by Gasteiger charge is -2.06. The number of sulfonamides is 1. The highest BCUT2D eigenvalue weighted by Gasteiger charge is 2.19. The van der Waals surface area contributed by atoms with Gasteiger partial charge in [0.15, 0.2) is 5.69 Å². The lowest BCUT2D eigenvalue weighted by atomic mass is 10.2. The van der Waals surface area contributed by atoms with Crippen molar-refractivity contribution < 1.29 is 23.6 Å². The van der Waals surface area contributed by atoms with Gasteiger partial charge in [-0.2, -0.15) is 0 Å². The number of hydrogen-bond donors (Lipinski definition) is 4. The van der Waals surface area contributed by atoms with E-state index < -0.39 is 31.9 Å². The number of phenolic OH excluding ortho intramolecular Hbond substituents is 1. The van der Waals surface area contributed by atoms with Gasteiger partial charge in [-0.15, -0.1) is 10.2 Å². The van der Waals surface area contributed by atoms with E-state index in [1.807, 2.05) is 0 Å². The van der Waals surface area contributed by atoms with E-state index in [4.69, 9.17) is 5.11 Å². The Bertz CT molecular complexity index is 1390. The number of nitrogens with zero attached hydrogens (tertiary/aromatic N) is 4. The number of hydrogen-bond acceptors (Lipinski definition) is 9. The van der Waals surface area contributed by atoms with Crippen LogP contribution in [-0.2, 0) is 10.0 Å². The zero-order chi connectivity index (χ0) is 24.3. The first kappa shape index (κ1) is 23.8. The number of phenols is 1. The van der Waals surface area contributed by atoms with Crippen LogP contribution < -0.4 is 10.3 Å². The Kier molecular flexibility index (Phi) is 6.71. The van der Waals surface area contributed by atoms with Crippen molar-refractivity contribution in [3.05, 3.63) is 68.1 Å². The Morgan fingerprint density at radius 3 is 2.45 bits per heavy atom. The first-order valence-corrected chi connectivity index (χ1v) is 11.0. The quantitative estimate of drug-likeness (QED) is 0.217. The van der Waals surface area contributed by atoms with Gasteiger partial charge < -0.3 is 10.2 Å². The van der Waals surface area contributed by atoms with Crippen molar-refractivity contribution >= 4 is 27.1 Å². The summed E-state index contributed by atoms with van der Waals surface area (Å²) >= 11 is 0. The molecule has 13 nitrogen and oxygen atoms in total. The van der Waals surface area contributed by atoms with Gasteiger partial charge in [0.2, 0.25) is 15.8 Å². The Balaban J connectivity index is 1.95.